The predicted molar refractivity (Wildman–Crippen MR) is 66.3 cm³/mol. The number of carbonyl (C=O) groups is 1. The molecule has 0 radical (unpaired) electrons. The second-order valence-corrected chi connectivity index (χ2v) is 3.99. The highest BCUT2D eigenvalue weighted by molar-refractivity contribution is 5.77. The first kappa shape index (κ1) is 12.7. The fraction of sp³-hybridized carbons (Fsp3) is 0.462. The summed E-state index contributed by atoms with van der Waals surface area (Å²) in [5, 5.41) is 5.89. The second kappa shape index (κ2) is 6.28. The SMILES string of the molecule is CCNC(=O)CNCc1ccc(C)cc1C. The Bertz CT molecular complexity index is 361. The summed E-state index contributed by atoms with van der Waals surface area (Å²) in [6, 6.07) is 6.36. The van der Waals surface area contributed by atoms with E-state index in [1.165, 1.54) is 16.7 Å². The van der Waals surface area contributed by atoms with Gasteiger partial charge >= 0.3 is 0 Å². The van der Waals surface area contributed by atoms with Crippen LogP contribution >= 0.6 is 0 Å². The Morgan fingerprint density at radius 1 is 1.31 bits per heavy atom. The summed E-state index contributed by atoms with van der Waals surface area (Å²) in [5.41, 5.74) is 3.78. The molecule has 0 aliphatic carbocycles. The van der Waals surface area contributed by atoms with E-state index in [2.05, 4.69) is 42.7 Å². The largest absolute Gasteiger partial charge is 0.355 e. The first-order valence-corrected chi connectivity index (χ1v) is 5.67. The summed E-state index contributed by atoms with van der Waals surface area (Å²) >= 11 is 0. The number of nitrogens with one attached hydrogen (secondary N) is 2. The monoisotopic (exact) mass is 220 g/mol. The van der Waals surface area contributed by atoms with Crippen molar-refractivity contribution in [3.8, 4) is 0 Å². The van der Waals surface area contributed by atoms with Crippen LogP contribution in [-0.4, -0.2) is 19.0 Å². The van der Waals surface area contributed by atoms with Gasteiger partial charge < -0.3 is 10.6 Å². The molecule has 1 aromatic carbocycles. The third-order valence-corrected chi connectivity index (χ3v) is 2.47. The molecule has 0 spiro atoms. The van der Waals surface area contributed by atoms with E-state index in [-0.39, 0.29) is 5.91 Å². The van der Waals surface area contributed by atoms with Crippen LogP contribution < -0.4 is 10.6 Å². The van der Waals surface area contributed by atoms with E-state index in [1.807, 2.05) is 6.92 Å². The highest BCUT2D eigenvalue weighted by Crippen LogP contribution is 2.09. The molecular weight excluding hydrogens is 200 g/mol. The summed E-state index contributed by atoms with van der Waals surface area (Å²) in [5.74, 6) is 0.0484. The Morgan fingerprint density at radius 3 is 2.69 bits per heavy atom. The van der Waals surface area contributed by atoms with Crippen molar-refractivity contribution in [1.29, 1.82) is 0 Å². The minimum atomic E-state index is 0.0484. The molecule has 2 N–H and O–H groups in total. The first-order chi connectivity index (χ1) is 7.63. The van der Waals surface area contributed by atoms with Crippen LogP contribution in [0.25, 0.3) is 0 Å². The Hall–Kier alpha value is -1.35. The summed E-state index contributed by atoms with van der Waals surface area (Å²) in [6.45, 7) is 7.89. The van der Waals surface area contributed by atoms with Crippen molar-refractivity contribution >= 4 is 5.91 Å². The smallest absolute Gasteiger partial charge is 0.233 e. The molecule has 0 aliphatic heterocycles. The number of benzene rings is 1. The van der Waals surface area contributed by atoms with Crippen molar-refractivity contribution in [2.24, 2.45) is 0 Å². The minimum Gasteiger partial charge on any atom is -0.355 e. The maximum absolute atomic E-state index is 11.2. The molecule has 3 heteroatoms. The summed E-state index contributed by atoms with van der Waals surface area (Å²) in [7, 11) is 0. The van der Waals surface area contributed by atoms with Gasteiger partial charge in [-0.25, -0.2) is 0 Å². The van der Waals surface area contributed by atoms with E-state index >= 15 is 0 Å². The summed E-state index contributed by atoms with van der Waals surface area (Å²) in [4.78, 5) is 11.2. The van der Waals surface area contributed by atoms with Gasteiger partial charge in [0.1, 0.15) is 0 Å². The fourth-order valence-corrected chi connectivity index (χ4v) is 1.61. The van der Waals surface area contributed by atoms with Gasteiger partial charge in [0.05, 0.1) is 6.54 Å². The molecule has 0 aromatic heterocycles. The van der Waals surface area contributed by atoms with Gasteiger partial charge in [-0.05, 0) is 31.9 Å². The molecule has 0 unspecified atom stereocenters. The van der Waals surface area contributed by atoms with Crippen LogP contribution in [0.15, 0.2) is 18.2 Å². The normalized spacial score (nSPS) is 10.2. The van der Waals surface area contributed by atoms with Gasteiger partial charge in [0.2, 0.25) is 5.91 Å². The Labute approximate surface area is 97.2 Å². The number of aryl methyl sites for hydroxylation is 2. The van der Waals surface area contributed by atoms with Crippen LogP contribution in [0.2, 0.25) is 0 Å². The molecule has 16 heavy (non-hydrogen) atoms. The quantitative estimate of drug-likeness (QED) is 0.790. The molecule has 0 saturated carbocycles. The Kier molecular flexibility index (Phi) is 4.99. The lowest BCUT2D eigenvalue weighted by Gasteiger charge is -2.08. The number of hydrogen-bond donors (Lipinski definition) is 2. The molecule has 0 bridgehead atoms. The van der Waals surface area contributed by atoms with Crippen LogP contribution in [0.4, 0.5) is 0 Å². The minimum absolute atomic E-state index is 0.0484. The van der Waals surface area contributed by atoms with Crippen LogP contribution in [0, 0.1) is 13.8 Å². The second-order valence-electron chi connectivity index (χ2n) is 3.99. The number of amides is 1. The molecule has 1 amide bonds. The Balaban J connectivity index is 2.40. The maximum Gasteiger partial charge on any atom is 0.233 e. The zero-order valence-corrected chi connectivity index (χ0v) is 10.3. The van der Waals surface area contributed by atoms with Crippen molar-refractivity contribution in [1.82, 2.24) is 10.6 Å². The number of carbonyl (C=O) groups excluding carboxylic acids is 1. The third kappa shape index (κ3) is 4.03. The van der Waals surface area contributed by atoms with Crippen LogP contribution in [0.5, 0.6) is 0 Å². The van der Waals surface area contributed by atoms with Crippen molar-refractivity contribution in [2.45, 2.75) is 27.3 Å². The summed E-state index contributed by atoms with van der Waals surface area (Å²) in [6.07, 6.45) is 0. The number of likely N-dealkylation sites (N-methyl/N-ethyl adjacent to an activating group) is 1. The van der Waals surface area contributed by atoms with E-state index in [4.69, 9.17) is 0 Å². The van der Waals surface area contributed by atoms with Crippen molar-refractivity contribution in [3.63, 3.8) is 0 Å². The average Bonchev–Trinajstić information content (AvgIpc) is 2.22. The van der Waals surface area contributed by atoms with E-state index in [1.54, 1.807) is 0 Å². The predicted octanol–water partition coefficient (Wildman–Crippen LogP) is 1.53. The van der Waals surface area contributed by atoms with Gasteiger partial charge in [-0.3, -0.25) is 4.79 Å². The van der Waals surface area contributed by atoms with Gasteiger partial charge in [-0.2, -0.15) is 0 Å². The molecule has 0 fully saturated rings. The standard InChI is InChI=1S/C13H20N2O/c1-4-15-13(16)9-14-8-12-6-5-10(2)7-11(12)3/h5-7,14H,4,8-9H2,1-3H3,(H,15,16). The van der Waals surface area contributed by atoms with Crippen molar-refractivity contribution in [3.05, 3.63) is 34.9 Å². The molecule has 0 heterocycles. The van der Waals surface area contributed by atoms with E-state index in [0.29, 0.717) is 13.1 Å². The molecular formula is C13H20N2O. The topological polar surface area (TPSA) is 41.1 Å². The lowest BCUT2D eigenvalue weighted by Crippen LogP contribution is -2.33. The zero-order chi connectivity index (χ0) is 12.0. The average molecular weight is 220 g/mol. The Morgan fingerprint density at radius 2 is 2.06 bits per heavy atom. The van der Waals surface area contributed by atoms with E-state index in [9.17, 15) is 4.79 Å². The maximum atomic E-state index is 11.2. The van der Waals surface area contributed by atoms with Gasteiger partial charge in [-0.15, -0.1) is 0 Å². The number of hydrogen-bond acceptors (Lipinski definition) is 2. The van der Waals surface area contributed by atoms with Crippen LogP contribution in [0.1, 0.15) is 23.6 Å². The van der Waals surface area contributed by atoms with Crippen LogP contribution in [0.3, 0.4) is 0 Å². The molecule has 0 aliphatic rings. The zero-order valence-electron chi connectivity index (χ0n) is 10.3. The molecule has 1 aromatic rings. The molecule has 1 rings (SSSR count). The molecule has 0 saturated heterocycles. The van der Waals surface area contributed by atoms with Gasteiger partial charge in [-0.1, -0.05) is 23.8 Å². The molecule has 88 valence electrons. The first-order valence-electron chi connectivity index (χ1n) is 5.67. The lowest BCUT2D eigenvalue weighted by molar-refractivity contribution is -0.120. The van der Waals surface area contributed by atoms with E-state index in [0.717, 1.165) is 6.54 Å². The highest BCUT2D eigenvalue weighted by Gasteiger charge is 2.00. The van der Waals surface area contributed by atoms with Crippen LogP contribution in [-0.2, 0) is 11.3 Å². The number of rotatable bonds is 5. The van der Waals surface area contributed by atoms with E-state index < -0.39 is 0 Å². The summed E-state index contributed by atoms with van der Waals surface area (Å²) < 4.78 is 0. The van der Waals surface area contributed by atoms with Gasteiger partial charge in [0, 0.05) is 13.1 Å². The lowest BCUT2D eigenvalue weighted by atomic mass is 10.1. The third-order valence-electron chi connectivity index (χ3n) is 2.47. The van der Waals surface area contributed by atoms with Crippen molar-refractivity contribution in [2.75, 3.05) is 13.1 Å². The molecule has 0 atom stereocenters. The van der Waals surface area contributed by atoms with Gasteiger partial charge in [0.15, 0.2) is 0 Å². The fourth-order valence-electron chi connectivity index (χ4n) is 1.61. The molecule has 3 nitrogen and oxygen atoms in total. The highest BCUT2D eigenvalue weighted by atomic mass is 16.1. The van der Waals surface area contributed by atoms with Gasteiger partial charge in [0.25, 0.3) is 0 Å². The van der Waals surface area contributed by atoms with Crippen molar-refractivity contribution < 1.29 is 4.79 Å².